The van der Waals surface area contributed by atoms with Crippen LogP contribution in [0.1, 0.15) is 19.3 Å². The molecule has 0 aromatic heterocycles. The van der Waals surface area contributed by atoms with Gasteiger partial charge in [0.05, 0.1) is 5.02 Å². The van der Waals surface area contributed by atoms with E-state index in [0.717, 1.165) is 12.8 Å². The first-order valence-electron chi connectivity index (χ1n) is 6.25. The Morgan fingerprint density at radius 2 is 2.10 bits per heavy atom. The molecule has 1 aliphatic heterocycles. The average molecular weight is 398 g/mol. The zero-order chi connectivity index (χ0) is 15.6. The highest BCUT2D eigenvalue weighted by Crippen LogP contribution is 2.36. The summed E-state index contributed by atoms with van der Waals surface area (Å²) in [4.78, 5) is 11.6. The summed E-state index contributed by atoms with van der Waals surface area (Å²) in [5.41, 5.74) is 0. The fourth-order valence-corrected chi connectivity index (χ4v) is 3.80. The standard InChI is InChI=1S/C12H14BrClN2O4S/c13-7-5-8(14)11(10(6-7)21(15,18)19)20-9-3-1-2-4-16-12(9)17/h5-6,9H,1-4H2,(H,16,17)(H2,15,18,19). The summed E-state index contributed by atoms with van der Waals surface area (Å²) < 4.78 is 29.4. The molecule has 0 spiro atoms. The van der Waals surface area contributed by atoms with Crippen molar-refractivity contribution < 1.29 is 17.9 Å². The highest BCUT2D eigenvalue weighted by Gasteiger charge is 2.27. The number of nitrogens with one attached hydrogen (secondary N) is 1. The van der Waals surface area contributed by atoms with Gasteiger partial charge in [0.2, 0.25) is 10.0 Å². The van der Waals surface area contributed by atoms with Gasteiger partial charge in [0.25, 0.3) is 5.91 Å². The van der Waals surface area contributed by atoms with Crippen molar-refractivity contribution >= 4 is 43.5 Å². The van der Waals surface area contributed by atoms with E-state index < -0.39 is 16.1 Å². The van der Waals surface area contributed by atoms with Crippen LogP contribution in [0, 0.1) is 0 Å². The van der Waals surface area contributed by atoms with Crippen LogP contribution in [0.4, 0.5) is 0 Å². The molecule has 1 aromatic rings. The molecule has 1 aliphatic rings. The predicted octanol–water partition coefficient (Wildman–Crippen LogP) is 1.80. The lowest BCUT2D eigenvalue weighted by atomic mass is 10.2. The fraction of sp³-hybridized carbons (Fsp3) is 0.417. The minimum absolute atomic E-state index is 0.0745. The van der Waals surface area contributed by atoms with Crippen molar-refractivity contribution in [1.29, 1.82) is 0 Å². The Labute approximate surface area is 136 Å². The quantitative estimate of drug-likeness (QED) is 0.812. The molecule has 0 saturated carbocycles. The molecule has 1 saturated heterocycles. The van der Waals surface area contributed by atoms with E-state index >= 15 is 0 Å². The molecule has 0 aliphatic carbocycles. The minimum atomic E-state index is -4.03. The lowest BCUT2D eigenvalue weighted by Gasteiger charge is -2.19. The van der Waals surface area contributed by atoms with Gasteiger partial charge in [0, 0.05) is 11.0 Å². The Morgan fingerprint density at radius 3 is 2.76 bits per heavy atom. The Morgan fingerprint density at radius 1 is 1.38 bits per heavy atom. The van der Waals surface area contributed by atoms with E-state index in [4.69, 9.17) is 21.5 Å². The van der Waals surface area contributed by atoms with Crippen LogP contribution in [0.5, 0.6) is 5.75 Å². The number of hydrogen-bond donors (Lipinski definition) is 2. The molecule has 3 N–H and O–H groups in total. The van der Waals surface area contributed by atoms with Crippen LogP contribution in [-0.2, 0) is 14.8 Å². The molecular weight excluding hydrogens is 384 g/mol. The first kappa shape index (κ1) is 16.5. The maximum absolute atomic E-state index is 11.9. The highest BCUT2D eigenvalue weighted by molar-refractivity contribution is 9.10. The van der Waals surface area contributed by atoms with E-state index in [1.54, 1.807) is 0 Å². The molecule has 9 heteroatoms. The third-order valence-electron chi connectivity index (χ3n) is 3.03. The third kappa shape index (κ3) is 4.09. The second-order valence-electron chi connectivity index (χ2n) is 4.65. The van der Waals surface area contributed by atoms with Crippen molar-refractivity contribution in [1.82, 2.24) is 5.32 Å². The number of benzene rings is 1. The van der Waals surface area contributed by atoms with Crippen LogP contribution < -0.4 is 15.2 Å². The number of halogens is 2. The molecule has 1 amide bonds. The molecule has 1 unspecified atom stereocenters. The lowest BCUT2D eigenvalue weighted by molar-refractivity contribution is -0.127. The first-order chi connectivity index (χ1) is 9.79. The summed E-state index contributed by atoms with van der Waals surface area (Å²) in [5.74, 6) is -0.378. The Hall–Kier alpha value is -0.830. The van der Waals surface area contributed by atoms with Crippen molar-refractivity contribution in [3.05, 3.63) is 21.6 Å². The van der Waals surface area contributed by atoms with Gasteiger partial charge in [-0.2, -0.15) is 0 Å². The van der Waals surface area contributed by atoms with Crippen LogP contribution in [0.3, 0.4) is 0 Å². The molecule has 1 atom stereocenters. The van der Waals surface area contributed by atoms with Crippen molar-refractivity contribution in [2.45, 2.75) is 30.3 Å². The molecule has 6 nitrogen and oxygen atoms in total. The van der Waals surface area contributed by atoms with E-state index in [2.05, 4.69) is 21.2 Å². The monoisotopic (exact) mass is 396 g/mol. The minimum Gasteiger partial charge on any atom is -0.478 e. The summed E-state index contributed by atoms with van der Waals surface area (Å²) in [6.07, 6.45) is 1.35. The van der Waals surface area contributed by atoms with Crippen LogP contribution in [0.25, 0.3) is 0 Å². The largest absolute Gasteiger partial charge is 0.478 e. The molecular formula is C12H14BrClN2O4S. The normalized spacial score (nSPS) is 19.8. The van der Waals surface area contributed by atoms with E-state index in [0.29, 0.717) is 17.4 Å². The van der Waals surface area contributed by atoms with E-state index in [-0.39, 0.29) is 21.6 Å². The van der Waals surface area contributed by atoms with E-state index in [1.807, 2.05) is 0 Å². The third-order valence-corrected chi connectivity index (χ3v) is 4.68. The van der Waals surface area contributed by atoms with Gasteiger partial charge >= 0.3 is 0 Å². The first-order valence-corrected chi connectivity index (χ1v) is 8.97. The summed E-state index contributed by atoms with van der Waals surface area (Å²) in [6.45, 7) is 0.578. The van der Waals surface area contributed by atoms with Gasteiger partial charge in [-0.1, -0.05) is 27.5 Å². The number of ether oxygens (including phenoxy) is 1. The van der Waals surface area contributed by atoms with Crippen LogP contribution in [0.2, 0.25) is 5.02 Å². The topological polar surface area (TPSA) is 98.5 Å². The summed E-state index contributed by atoms with van der Waals surface area (Å²) >= 11 is 9.19. The van der Waals surface area contributed by atoms with Gasteiger partial charge in [0.15, 0.2) is 11.9 Å². The van der Waals surface area contributed by atoms with Gasteiger partial charge < -0.3 is 10.1 Å². The van der Waals surface area contributed by atoms with Gasteiger partial charge in [-0.3, -0.25) is 4.79 Å². The summed E-state index contributed by atoms with van der Waals surface area (Å²) in [5, 5.41) is 7.96. The molecule has 1 aromatic carbocycles. The Kier molecular flexibility index (Phi) is 5.13. The molecule has 21 heavy (non-hydrogen) atoms. The number of amides is 1. The lowest BCUT2D eigenvalue weighted by Crippen LogP contribution is -2.37. The molecule has 1 fully saturated rings. The van der Waals surface area contributed by atoms with Crippen LogP contribution >= 0.6 is 27.5 Å². The Balaban J connectivity index is 2.41. The molecule has 1 heterocycles. The molecule has 116 valence electrons. The SMILES string of the molecule is NS(=O)(=O)c1cc(Br)cc(Cl)c1OC1CCCCNC1=O. The summed E-state index contributed by atoms with van der Waals surface area (Å²) in [7, 11) is -4.03. The number of hydrogen-bond acceptors (Lipinski definition) is 4. The van der Waals surface area contributed by atoms with Gasteiger partial charge in [0.1, 0.15) is 4.90 Å². The number of carbonyl (C=O) groups excluding carboxylic acids is 1. The highest BCUT2D eigenvalue weighted by atomic mass is 79.9. The number of nitrogens with two attached hydrogens (primary N) is 1. The van der Waals surface area contributed by atoms with E-state index in [9.17, 15) is 13.2 Å². The fourth-order valence-electron chi connectivity index (χ4n) is 2.03. The molecule has 2 rings (SSSR count). The van der Waals surface area contributed by atoms with Crippen molar-refractivity contribution in [3.8, 4) is 5.75 Å². The van der Waals surface area contributed by atoms with Crippen molar-refractivity contribution in [3.63, 3.8) is 0 Å². The maximum Gasteiger partial charge on any atom is 0.261 e. The van der Waals surface area contributed by atoms with Gasteiger partial charge in [-0.15, -0.1) is 0 Å². The van der Waals surface area contributed by atoms with E-state index in [1.165, 1.54) is 12.1 Å². The summed E-state index contributed by atoms with van der Waals surface area (Å²) in [6, 6.07) is 2.78. The predicted molar refractivity (Wildman–Crippen MR) is 81.8 cm³/mol. The average Bonchev–Trinajstić information content (AvgIpc) is 2.56. The number of primary sulfonamides is 1. The van der Waals surface area contributed by atoms with Crippen LogP contribution in [-0.4, -0.2) is 27.0 Å². The number of sulfonamides is 1. The maximum atomic E-state index is 11.9. The second kappa shape index (κ2) is 6.51. The second-order valence-corrected chi connectivity index (χ2v) is 7.51. The van der Waals surface area contributed by atoms with Crippen molar-refractivity contribution in [2.24, 2.45) is 5.14 Å². The van der Waals surface area contributed by atoms with Gasteiger partial charge in [-0.05, 0) is 31.4 Å². The van der Waals surface area contributed by atoms with Gasteiger partial charge in [-0.25, -0.2) is 13.6 Å². The number of rotatable bonds is 3. The van der Waals surface area contributed by atoms with Crippen molar-refractivity contribution in [2.75, 3.05) is 6.54 Å². The Bertz CT molecular complexity index is 665. The smallest absolute Gasteiger partial charge is 0.261 e. The zero-order valence-electron chi connectivity index (χ0n) is 10.9. The molecule has 0 radical (unpaired) electrons. The van der Waals surface area contributed by atoms with Crippen LogP contribution in [0.15, 0.2) is 21.5 Å². The number of carbonyl (C=O) groups is 1. The zero-order valence-corrected chi connectivity index (χ0v) is 14.1. The molecule has 0 bridgehead atoms.